The Balaban J connectivity index is 1.56. The van der Waals surface area contributed by atoms with Crippen molar-refractivity contribution in [2.75, 3.05) is 19.6 Å². The van der Waals surface area contributed by atoms with Gasteiger partial charge in [0, 0.05) is 48.4 Å². The molecule has 1 atom stereocenters. The maximum Gasteiger partial charge on any atom is 0.213 e. The Morgan fingerprint density at radius 3 is 2.89 bits per heavy atom. The van der Waals surface area contributed by atoms with Crippen LogP contribution in [-0.2, 0) is 6.54 Å². The first kappa shape index (κ1) is 18.1. The van der Waals surface area contributed by atoms with E-state index in [0.717, 1.165) is 37.0 Å². The van der Waals surface area contributed by atoms with Crippen LogP contribution in [0.2, 0.25) is 5.15 Å². The van der Waals surface area contributed by atoms with Crippen LogP contribution >= 0.6 is 11.6 Å². The number of aryl methyl sites for hydroxylation is 1. The van der Waals surface area contributed by atoms with E-state index in [1.165, 1.54) is 12.4 Å². The first-order valence-electron chi connectivity index (χ1n) is 9.08. The summed E-state index contributed by atoms with van der Waals surface area (Å²) in [7, 11) is 0. The summed E-state index contributed by atoms with van der Waals surface area (Å²) in [6.07, 6.45) is 4.01. The van der Waals surface area contributed by atoms with Gasteiger partial charge in [-0.2, -0.15) is 0 Å². The van der Waals surface area contributed by atoms with Gasteiger partial charge < -0.3 is 9.47 Å². The zero-order valence-electron chi connectivity index (χ0n) is 14.8. The molecule has 0 bridgehead atoms. The SMILES string of the molecule is O=C(c1cc(Cl)ncn1)c1cn(CCCN2CC[C@@H](F)C2)c2ccccc12. The fourth-order valence-electron chi connectivity index (χ4n) is 3.66. The van der Waals surface area contributed by atoms with Crippen LogP contribution in [0.1, 0.15) is 28.9 Å². The molecular weight excluding hydrogens is 367 g/mol. The van der Waals surface area contributed by atoms with E-state index in [-0.39, 0.29) is 16.6 Å². The maximum atomic E-state index is 13.3. The molecule has 1 saturated heterocycles. The lowest BCUT2D eigenvalue weighted by molar-refractivity contribution is 0.103. The van der Waals surface area contributed by atoms with Gasteiger partial charge in [0.2, 0.25) is 5.78 Å². The Morgan fingerprint density at radius 1 is 1.26 bits per heavy atom. The van der Waals surface area contributed by atoms with Crippen molar-refractivity contribution < 1.29 is 9.18 Å². The molecule has 1 fully saturated rings. The molecule has 0 saturated carbocycles. The number of rotatable bonds is 6. The monoisotopic (exact) mass is 386 g/mol. The summed E-state index contributed by atoms with van der Waals surface area (Å²) in [4.78, 5) is 23.0. The summed E-state index contributed by atoms with van der Waals surface area (Å²) in [5.74, 6) is -0.172. The van der Waals surface area contributed by atoms with Crippen molar-refractivity contribution in [3.8, 4) is 0 Å². The largest absolute Gasteiger partial charge is 0.347 e. The number of ketones is 1. The number of halogens is 2. The van der Waals surface area contributed by atoms with Gasteiger partial charge in [0.15, 0.2) is 0 Å². The van der Waals surface area contributed by atoms with Crippen molar-refractivity contribution in [1.82, 2.24) is 19.4 Å². The molecule has 3 heterocycles. The summed E-state index contributed by atoms with van der Waals surface area (Å²) >= 11 is 5.90. The highest BCUT2D eigenvalue weighted by Crippen LogP contribution is 2.24. The predicted molar refractivity (Wildman–Crippen MR) is 103 cm³/mol. The average molecular weight is 387 g/mol. The first-order chi connectivity index (χ1) is 13.1. The molecule has 0 spiro atoms. The quantitative estimate of drug-likeness (QED) is 0.478. The summed E-state index contributed by atoms with van der Waals surface area (Å²) in [5.41, 5.74) is 1.89. The van der Waals surface area contributed by atoms with Crippen LogP contribution in [0.15, 0.2) is 42.9 Å². The third-order valence-electron chi connectivity index (χ3n) is 4.99. The molecule has 0 aliphatic carbocycles. The molecule has 0 unspecified atom stereocenters. The molecule has 1 aliphatic rings. The highest BCUT2D eigenvalue weighted by atomic mass is 35.5. The predicted octanol–water partition coefficient (Wildman–Crippen LogP) is 3.75. The first-order valence-corrected chi connectivity index (χ1v) is 9.46. The van der Waals surface area contributed by atoms with E-state index in [9.17, 15) is 9.18 Å². The molecule has 1 aromatic carbocycles. The number of hydrogen-bond acceptors (Lipinski definition) is 4. The minimum atomic E-state index is -0.693. The molecule has 27 heavy (non-hydrogen) atoms. The molecule has 0 N–H and O–H groups in total. The van der Waals surface area contributed by atoms with Gasteiger partial charge in [-0.25, -0.2) is 14.4 Å². The summed E-state index contributed by atoms with van der Waals surface area (Å²) < 4.78 is 15.4. The second-order valence-corrected chi connectivity index (χ2v) is 7.24. The smallest absolute Gasteiger partial charge is 0.213 e. The van der Waals surface area contributed by atoms with E-state index in [4.69, 9.17) is 11.6 Å². The van der Waals surface area contributed by atoms with Crippen LogP contribution in [-0.4, -0.2) is 51.0 Å². The molecule has 3 aromatic rings. The second-order valence-electron chi connectivity index (χ2n) is 6.85. The molecule has 140 valence electrons. The fourth-order valence-corrected chi connectivity index (χ4v) is 3.81. The Hall–Kier alpha value is -2.31. The Bertz CT molecular complexity index is 974. The van der Waals surface area contributed by atoms with Gasteiger partial charge >= 0.3 is 0 Å². The number of alkyl halides is 1. The van der Waals surface area contributed by atoms with Gasteiger partial charge in [-0.05, 0) is 25.5 Å². The van der Waals surface area contributed by atoms with Crippen molar-refractivity contribution in [3.05, 3.63) is 59.3 Å². The highest BCUT2D eigenvalue weighted by molar-refractivity contribution is 6.30. The second kappa shape index (κ2) is 7.74. The van der Waals surface area contributed by atoms with E-state index in [2.05, 4.69) is 19.4 Å². The average Bonchev–Trinajstić information content (AvgIpc) is 3.25. The summed E-state index contributed by atoms with van der Waals surface area (Å²) in [5, 5.41) is 1.14. The lowest BCUT2D eigenvalue weighted by atomic mass is 10.1. The lowest BCUT2D eigenvalue weighted by Gasteiger charge is -2.14. The van der Waals surface area contributed by atoms with Crippen molar-refractivity contribution in [3.63, 3.8) is 0 Å². The number of hydrogen-bond donors (Lipinski definition) is 0. The van der Waals surface area contributed by atoms with Crippen LogP contribution in [0.5, 0.6) is 0 Å². The number of carbonyl (C=O) groups is 1. The molecule has 5 nitrogen and oxygen atoms in total. The zero-order chi connectivity index (χ0) is 18.8. The Morgan fingerprint density at radius 2 is 2.11 bits per heavy atom. The van der Waals surface area contributed by atoms with E-state index in [1.54, 1.807) is 0 Å². The van der Waals surface area contributed by atoms with Gasteiger partial charge in [0.25, 0.3) is 0 Å². The molecule has 4 rings (SSSR count). The highest BCUT2D eigenvalue weighted by Gasteiger charge is 2.21. The normalized spacial score (nSPS) is 17.6. The van der Waals surface area contributed by atoms with Crippen LogP contribution in [0.3, 0.4) is 0 Å². The van der Waals surface area contributed by atoms with Gasteiger partial charge in [-0.15, -0.1) is 0 Å². The Kier molecular flexibility index (Phi) is 5.18. The minimum absolute atomic E-state index is 0.172. The van der Waals surface area contributed by atoms with Crippen molar-refractivity contribution >= 4 is 28.3 Å². The van der Waals surface area contributed by atoms with E-state index in [0.29, 0.717) is 18.5 Å². The third kappa shape index (κ3) is 3.87. The van der Waals surface area contributed by atoms with Crippen LogP contribution < -0.4 is 0 Å². The summed E-state index contributed by atoms with van der Waals surface area (Å²) in [6, 6.07) is 9.31. The van der Waals surface area contributed by atoms with Gasteiger partial charge in [0.1, 0.15) is 23.3 Å². The van der Waals surface area contributed by atoms with Crippen LogP contribution in [0, 0.1) is 0 Å². The van der Waals surface area contributed by atoms with Crippen molar-refractivity contribution in [2.24, 2.45) is 0 Å². The van der Waals surface area contributed by atoms with Crippen LogP contribution in [0.25, 0.3) is 10.9 Å². The van der Waals surface area contributed by atoms with Crippen molar-refractivity contribution in [1.29, 1.82) is 0 Å². The topological polar surface area (TPSA) is 51.0 Å². The third-order valence-corrected chi connectivity index (χ3v) is 5.19. The minimum Gasteiger partial charge on any atom is -0.347 e. The number of aromatic nitrogens is 3. The van der Waals surface area contributed by atoms with Crippen molar-refractivity contribution in [2.45, 2.75) is 25.6 Å². The molecule has 2 aromatic heterocycles. The number of benzene rings is 1. The number of carbonyl (C=O) groups excluding carboxylic acids is 1. The lowest BCUT2D eigenvalue weighted by Crippen LogP contribution is -2.23. The molecule has 1 aliphatic heterocycles. The molecule has 0 amide bonds. The fraction of sp³-hybridized carbons (Fsp3) is 0.350. The van der Waals surface area contributed by atoms with Gasteiger partial charge in [0.05, 0.1) is 0 Å². The standard InChI is InChI=1S/C20H20ClFN4O/c21-19-10-17(23-13-24-19)20(27)16-12-26(18-5-2-1-4-15(16)18)8-3-7-25-9-6-14(22)11-25/h1-2,4-5,10,12-14H,3,6-9,11H2/t14-/m1/s1. The Labute approximate surface area is 161 Å². The van der Waals surface area contributed by atoms with E-state index < -0.39 is 6.17 Å². The van der Waals surface area contributed by atoms with E-state index >= 15 is 0 Å². The number of nitrogens with zero attached hydrogens (tertiary/aromatic N) is 4. The molecular formula is C20H20ClFN4O. The maximum absolute atomic E-state index is 13.3. The number of para-hydroxylation sites is 1. The zero-order valence-corrected chi connectivity index (χ0v) is 15.6. The number of fused-ring (bicyclic) bond motifs is 1. The van der Waals surface area contributed by atoms with Crippen LogP contribution in [0.4, 0.5) is 4.39 Å². The molecule has 7 heteroatoms. The molecule has 0 radical (unpaired) electrons. The van der Waals surface area contributed by atoms with Gasteiger partial charge in [-0.3, -0.25) is 4.79 Å². The van der Waals surface area contributed by atoms with E-state index in [1.807, 2.05) is 30.5 Å². The summed E-state index contributed by atoms with van der Waals surface area (Å²) in [6.45, 7) is 2.99. The number of likely N-dealkylation sites (tertiary alicyclic amines) is 1. The van der Waals surface area contributed by atoms with Gasteiger partial charge in [-0.1, -0.05) is 29.8 Å².